The van der Waals surface area contributed by atoms with Crippen molar-refractivity contribution in [3.8, 4) is 5.75 Å². The first-order valence-corrected chi connectivity index (χ1v) is 8.11. The third-order valence-corrected chi connectivity index (χ3v) is 3.99. The molecular weight excluding hydrogens is 320 g/mol. The zero-order valence-electron chi connectivity index (χ0n) is 14.0. The molecule has 2 aromatic carbocycles. The molecule has 3 aromatic rings. The normalized spacial score (nSPS) is 12.2. The monoisotopic (exact) mass is 340 g/mol. The number of ether oxygens (including phenoxy) is 2. The fourth-order valence-corrected chi connectivity index (χ4v) is 2.67. The van der Waals surface area contributed by atoms with E-state index in [9.17, 15) is 4.79 Å². The zero-order valence-corrected chi connectivity index (χ0v) is 14.0. The van der Waals surface area contributed by atoms with Crippen molar-refractivity contribution in [2.24, 2.45) is 0 Å². The molecule has 0 bridgehead atoms. The molecule has 5 nitrogen and oxygen atoms in total. The van der Waals surface area contributed by atoms with Gasteiger partial charge < -0.3 is 19.0 Å². The minimum atomic E-state index is -1.03. The van der Waals surface area contributed by atoms with E-state index < -0.39 is 12.6 Å². The quantitative estimate of drug-likeness (QED) is 0.665. The Hall–Kier alpha value is -2.79. The van der Waals surface area contributed by atoms with Crippen LogP contribution >= 0.6 is 0 Å². The minimum Gasteiger partial charge on any atom is -0.479 e. The molecular formula is C20H20O5. The highest BCUT2D eigenvalue weighted by atomic mass is 16.5. The molecule has 0 aliphatic carbocycles. The number of carboxylic acids is 1. The number of carbonyl (C=O) groups is 1. The lowest BCUT2D eigenvalue weighted by molar-refractivity contribution is -0.139. The summed E-state index contributed by atoms with van der Waals surface area (Å²) in [5.41, 5.74) is 2.69. The number of fused-ring (bicyclic) bond motifs is 1. The number of furan rings is 1. The van der Waals surface area contributed by atoms with Crippen molar-refractivity contribution >= 4 is 16.9 Å². The number of benzene rings is 2. The average Bonchev–Trinajstić information content (AvgIpc) is 3.04. The van der Waals surface area contributed by atoms with Crippen molar-refractivity contribution in [3.63, 3.8) is 0 Å². The summed E-state index contributed by atoms with van der Waals surface area (Å²) in [4.78, 5) is 10.7. The maximum Gasteiger partial charge on any atom is 0.341 e. The molecule has 0 aliphatic rings. The Morgan fingerprint density at radius 2 is 1.96 bits per heavy atom. The predicted molar refractivity (Wildman–Crippen MR) is 93.9 cm³/mol. The molecule has 0 saturated heterocycles. The molecule has 5 heteroatoms. The van der Waals surface area contributed by atoms with Crippen LogP contribution in [0.25, 0.3) is 11.0 Å². The van der Waals surface area contributed by atoms with Gasteiger partial charge in [-0.1, -0.05) is 49.4 Å². The molecule has 0 spiro atoms. The van der Waals surface area contributed by atoms with Gasteiger partial charge in [0.1, 0.15) is 0 Å². The van der Waals surface area contributed by atoms with Crippen molar-refractivity contribution in [1.29, 1.82) is 0 Å². The number of aliphatic carboxylic acids is 1. The van der Waals surface area contributed by atoms with Crippen LogP contribution < -0.4 is 4.74 Å². The lowest BCUT2D eigenvalue weighted by Crippen LogP contribution is -2.09. The van der Waals surface area contributed by atoms with Crippen molar-refractivity contribution in [1.82, 2.24) is 0 Å². The first kappa shape index (κ1) is 17.0. The van der Waals surface area contributed by atoms with Gasteiger partial charge in [0, 0.05) is 16.9 Å². The van der Waals surface area contributed by atoms with Gasteiger partial charge in [-0.15, -0.1) is 0 Å². The molecule has 1 atom stereocenters. The van der Waals surface area contributed by atoms with Crippen LogP contribution in [0.5, 0.6) is 5.75 Å². The highest BCUT2D eigenvalue weighted by Crippen LogP contribution is 2.30. The largest absolute Gasteiger partial charge is 0.479 e. The van der Waals surface area contributed by atoms with E-state index in [1.807, 2.05) is 30.3 Å². The van der Waals surface area contributed by atoms with E-state index in [1.165, 1.54) is 5.56 Å². The summed E-state index contributed by atoms with van der Waals surface area (Å²) >= 11 is 0. The van der Waals surface area contributed by atoms with Crippen molar-refractivity contribution in [2.45, 2.75) is 19.4 Å². The van der Waals surface area contributed by atoms with Crippen LogP contribution in [0.1, 0.15) is 24.0 Å². The lowest BCUT2D eigenvalue weighted by atomic mass is 10.0. The Morgan fingerprint density at radius 1 is 1.16 bits per heavy atom. The average molecular weight is 340 g/mol. The van der Waals surface area contributed by atoms with E-state index in [0.717, 1.165) is 10.9 Å². The van der Waals surface area contributed by atoms with E-state index in [2.05, 4.69) is 19.1 Å². The second-order valence-electron chi connectivity index (χ2n) is 5.90. The predicted octanol–water partition coefficient (Wildman–Crippen LogP) is 4.22. The molecule has 0 radical (unpaired) electrons. The minimum absolute atomic E-state index is 0.300. The summed E-state index contributed by atoms with van der Waals surface area (Å²) in [5.74, 6) is -0.306. The van der Waals surface area contributed by atoms with Crippen LogP contribution in [0.15, 0.2) is 59.2 Å². The van der Waals surface area contributed by atoms with E-state index >= 15 is 0 Å². The van der Waals surface area contributed by atoms with Gasteiger partial charge in [-0.05, 0) is 11.6 Å². The van der Waals surface area contributed by atoms with Crippen LogP contribution in [0, 0.1) is 0 Å². The van der Waals surface area contributed by atoms with Crippen molar-refractivity contribution in [2.75, 3.05) is 13.2 Å². The van der Waals surface area contributed by atoms with E-state index in [-0.39, 0.29) is 0 Å². The molecule has 1 N–H and O–H groups in total. The van der Waals surface area contributed by atoms with Crippen LogP contribution in [-0.2, 0) is 16.1 Å². The molecule has 130 valence electrons. The summed E-state index contributed by atoms with van der Waals surface area (Å²) in [5, 5.41) is 9.61. The molecule has 0 fully saturated rings. The lowest BCUT2D eigenvalue weighted by Gasteiger charge is -2.12. The molecule has 0 amide bonds. The van der Waals surface area contributed by atoms with Crippen molar-refractivity contribution < 1.29 is 23.8 Å². The Kier molecular flexibility index (Phi) is 5.36. The molecule has 1 aromatic heterocycles. The maximum atomic E-state index is 10.7. The number of para-hydroxylation sites is 1. The Labute approximate surface area is 145 Å². The number of hydrogen-bond acceptors (Lipinski definition) is 4. The first-order valence-electron chi connectivity index (χ1n) is 8.11. The number of hydrogen-bond donors (Lipinski definition) is 1. The molecule has 0 aliphatic heterocycles. The Morgan fingerprint density at radius 3 is 2.72 bits per heavy atom. The highest BCUT2D eigenvalue weighted by Gasteiger charge is 2.13. The standard InChI is InChI=1S/C20H20O5/c1-14(15-6-3-2-4-7-15)10-23-11-16-12-25-20-17(16)8-5-9-18(20)24-13-19(21)22/h2-9,12,14H,10-11,13H2,1H3,(H,21,22)/t14-/m0/s1. The van der Waals surface area contributed by atoms with Crippen LogP contribution in [0.2, 0.25) is 0 Å². The van der Waals surface area contributed by atoms with Gasteiger partial charge in [-0.3, -0.25) is 0 Å². The fraction of sp³-hybridized carbons (Fsp3) is 0.250. The molecule has 25 heavy (non-hydrogen) atoms. The second-order valence-corrected chi connectivity index (χ2v) is 5.90. The summed E-state index contributed by atoms with van der Waals surface area (Å²) in [7, 11) is 0. The van der Waals surface area contributed by atoms with Crippen LogP contribution in [0.4, 0.5) is 0 Å². The Bertz CT molecular complexity index is 838. The molecule has 0 unspecified atom stereocenters. The highest BCUT2D eigenvalue weighted by molar-refractivity contribution is 5.86. The van der Waals surface area contributed by atoms with Crippen LogP contribution in [-0.4, -0.2) is 24.3 Å². The summed E-state index contributed by atoms with van der Waals surface area (Å²) < 4.78 is 16.7. The van der Waals surface area contributed by atoms with Gasteiger partial charge in [0.05, 0.1) is 19.5 Å². The van der Waals surface area contributed by atoms with Gasteiger partial charge >= 0.3 is 5.97 Å². The zero-order chi connectivity index (χ0) is 17.6. The maximum absolute atomic E-state index is 10.7. The second kappa shape index (κ2) is 7.85. The van der Waals surface area contributed by atoms with Crippen molar-refractivity contribution in [3.05, 3.63) is 65.9 Å². The van der Waals surface area contributed by atoms with E-state index in [0.29, 0.717) is 30.5 Å². The number of rotatable bonds is 8. The molecule has 3 rings (SSSR count). The van der Waals surface area contributed by atoms with Gasteiger partial charge in [0.25, 0.3) is 0 Å². The SMILES string of the molecule is C[C@@H](COCc1coc2c(OCC(=O)O)cccc12)c1ccccc1. The van der Waals surface area contributed by atoms with Crippen LogP contribution in [0.3, 0.4) is 0 Å². The van der Waals surface area contributed by atoms with Gasteiger partial charge in [0.15, 0.2) is 17.9 Å². The smallest absolute Gasteiger partial charge is 0.341 e. The Balaban J connectivity index is 1.64. The molecule has 0 saturated carbocycles. The first-order chi connectivity index (χ1) is 12.1. The van der Waals surface area contributed by atoms with E-state index in [4.69, 9.17) is 19.0 Å². The number of carboxylic acid groups (broad SMARTS) is 1. The fourth-order valence-electron chi connectivity index (χ4n) is 2.67. The van der Waals surface area contributed by atoms with E-state index in [1.54, 1.807) is 12.3 Å². The topological polar surface area (TPSA) is 68.9 Å². The molecule has 1 heterocycles. The summed E-state index contributed by atoms with van der Waals surface area (Å²) in [6, 6.07) is 15.6. The summed E-state index contributed by atoms with van der Waals surface area (Å²) in [6.07, 6.45) is 1.63. The van der Waals surface area contributed by atoms with Gasteiger partial charge in [-0.25, -0.2) is 4.79 Å². The van der Waals surface area contributed by atoms with Gasteiger partial charge in [0.2, 0.25) is 0 Å². The third kappa shape index (κ3) is 4.19. The van der Waals surface area contributed by atoms with Gasteiger partial charge in [-0.2, -0.15) is 0 Å². The third-order valence-electron chi connectivity index (χ3n) is 3.99. The summed E-state index contributed by atoms with van der Waals surface area (Å²) in [6.45, 7) is 2.75.